The summed E-state index contributed by atoms with van der Waals surface area (Å²) in [6.45, 7) is 1.60. The van der Waals surface area contributed by atoms with E-state index in [0.717, 1.165) is 11.3 Å². The molecule has 0 bridgehead atoms. The number of aryl methyl sites for hydroxylation is 1. The Morgan fingerprint density at radius 3 is 2.38 bits per heavy atom. The van der Waals surface area contributed by atoms with Crippen LogP contribution in [0.3, 0.4) is 0 Å². The number of anilines is 1. The Kier molecular flexibility index (Phi) is 5.15. The van der Waals surface area contributed by atoms with Crippen LogP contribution in [-0.4, -0.2) is 36.0 Å². The van der Waals surface area contributed by atoms with Gasteiger partial charge in [-0.3, -0.25) is 5.32 Å². The summed E-state index contributed by atoms with van der Waals surface area (Å²) in [6, 6.07) is -1.18. The summed E-state index contributed by atoms with van der Waals surface area (Å²) in [5.41, 5.74) is 0.272. The smallest absolute Gasteiger partial charge is 0.338 e. The van der Waals surface area contributed by atoms with Crippen LogP contribution in [0.2, 0.25) is 0 Å². The molecular weight excluding hydrogens is 316 g/mol. The SMILES string of the molecule is Cc1sc(NC(=O)NCC(F)(F)C(F)F)c(C(=O)O)c1C. The standard InChI is InChI=1S/C11H12F4N2O3S/c1-4-5(2)21-7(6(4)8(18)19)17-10(20)16-3-11(14,15)9(12)13/h9H,3H2,1-2H3,(H,18,19)(H2,16,17,20). The van der Waals surface area contributed by atoms with Crippen LogP contribution in [-0.2, 0) is 0 Å². The summed E-state index contributed by atoms with van der Waals surface area (Å²) in [7, 11) is 0. The molecule has 10 heteroatoms. The fraction of sp³-hybridized carbons (Fsp3) is 0.455. The second-order valence-corrected chi connectivity index (χ2v) is 5.39. The van der Waals surface area contributed by atoms with E-state index in [2.05, 4.69) is 5.32 Å². The molecule has 118 valence electrons. The van der Waals surface area contributed by atoms with Crippen molar-refractivity contribution in [3.05, 3.63) is 16.0 Å². The molecule has 0 saturated carbocycles. The number of aromatic carboxylic acids is 1. The number of urea groups is 1. The summed E-state index contributed by atoms with van der Waals surface area (Å²) in [6.07, 6.45) is -3.90. The van der Waals surface area contributed by atoms with Gasteiger partial charge in [-0.2, -0.15) is 8.78 Å². The lowest BCUT2D eigenvalue weighted by Crippen LogP contribution is -2.43. The zero-order chi connectivity index (χ0) is 16.4. The van der Waals surface area contributed by atoms with Crippen LogP contribution in [0.15, 0.2) is 0 Å². The minimum absolute atomic E-state index is 0.0460. The average molecular weight is 328 g/mol. The third-order valence-corrected chi connectivity index (χ3v) is 3.75. The second-order valence-electron chi connectivity index (χ2n) is 4.16. The molecule has 0 saturated heterocycles. The molecule has 3 N–H and O–H groups in total. The van der Waals surface area contributed by atoms with Gasteiger partial charge in [0.25, 0.3) is 0 Å². The van der Waals surface area contributed by atoms with Gasteiger partial charge in [-0.25, -0.2) is 18.4 Å². The third-order valence-electron chi connectivity index (χ3n) is 2.63. The quantitative estimate of drug-likeness (QED) is 0.727. The predicted molar refractivity (Wildman–Crippen MR) is 68.7 cm³/mol. The zero-order valence-corrected chi connectivity index (χ0v) is 11.8. The van der Waals surface area contributed by atoms with Crippen LogP contribution in [0.25, 0.3) is 0 Å². The van der Waals surface area contributed by atoms with Crippen LogP contribution >= 0.6 is 11.3 Å². The molecule has 0 aliphatic rings. The lowest BCUT2D eigenvalue weighted by Gasteiger charge is -2.15. The Labute approximate surface area is 121 Å². The maximum absolute atomic E-state index is 12.6. The number of carbonyl (C=O) groups is 2. The van der Waals surface area contributed by atoms with Crippen molar-refractivity contribution in [3.8, 4) is 0 Å². The molecule has 21 heavy (non-hydrogen) atoms. The highest BCUT2D eigenvalue weighted by molar-refractivity contribution is 7.16. The van der Waals surface area contributed by atoms with Crippen molar-refractivity contribution in [1.82, 2.24) is 5.32 Å². The Bertz CT molecular complexity index is 560. The summed E-state index contributed by atoms with van der Waals surface area (Å²) >= 11 is 0.949. The van der Waals surface area contributed by atoms with E-state index in [1.807, 2.05) is 0 Å². The highest BCUT2D eigenvalue weighted by atomic mass is 32.1. The lowest BCUT2D eigenvalue weighted by atomic mass is 10.1. The number of amides is 2. The number of thiophene rings is 1. The van der Waals surface area contributed by atoms with Gasteiger partial charge < -0.3 is 10.4 Å². The van der Waals surface area contributed by atoms with Gasteiger partial charge in [0.15, 0.2) is 0 Å². The molecule has 0 atom stereocenters. The van der Waals surface area contributed by atoms with Gasteiger partial charge in [0.1, 0.15) is 5.00 Å². The van der Waals surface area contributed by atoms with E-state index >= 15 is 0 Å². The summed E-state index contributed by atoms with van der Waals surface area (Å²) < 4.78 is 49.1. The molecule has 5 nitrogen and oxygen atoms in total. The molecule has 0 aliphatic heterocycles. The Morgan fingerprint density at radius 1 is 1.33 bits per heavy atom. The van der Waals surface area contributed by atoms with Crippen molar-refractivity contribution in [2.24, 2.45) is 0 Å². The number of hydrogen-bond donors (Lipinski definition) is 3. The number of rotatable bonds is 5. The molecule has 1 aromatic heterocycles. The third kappa shape index (κ3) is 4.06. The first-order valence-electron chi connectivity index (χ1n) is 5.60. The van der Waals surface area contributed by atoms with E-state index in [-0.39, 0.29) is 10.6 Å². The number of halogens is 4. The van der Waals surface area contributed by atoms with E-state index in [1.54, 1.807) is 12.2 Å². The minimum Gasteiger partial charge on any atom is -0.478 e. The number of carbonyl (C=O) groups excluding carboxylic acids is 1. The minimum atomic E-state index is -4.35. The van der Waals surface area contributed by atoms with E-state index in [1.165, 1.54) is 6.92 Å². The Morgan fingerprint density at radius 2 is 1.90 bits per heavy atom. The number of carboxylic acids is 1. The van der Waals surface area contributed by atoms with Gasteiger partial charge in [-0.05, 0) is 19.4 Å². The first kappa shape index (κ1) is 17.2. The first-order chi connectivity index (χ1) is 9.56. The topological polar surface area (TPSA) is 78.4 Å². The normalized spacial score (nSPS) is 11.6. The molecule has 0 radical (unpaired) electrons. The van der Waals surface area contributed by atoms with E-state index in [9.17, 15) is 27.2 Å². The molecule has 0 unspecified atom stereocenters. The van der Waals surface area contributed by atoms with E-state index in [0.29, 0.717) is 10.4 Å². The number of alkyl halides is 4. The number of hydrogen-bond acceptors (Lipinski definition) is 3. The van der Waals surface area contributed by atoms with Crippen molar-refractivity contribution in [3.63, 3.8) is 0 Å². The number of carboxylic acid groups (broad SMARTS) is 1. The second kappa shape index (κ2) is 6.29. The van der Waals surface area contributed by atoms with Crippen LogP contribution in [0.4, 0.5) is 27.4 Å². The molecule has 2 amide bonds. The van der Waals surface area contributed by atoms with E-state index in [4.69, 9.17) is 5.11 Å². The van der Waals surface area contributed by atoms with Crippen LogP contribution in [0, 0.1) is 13.8 Å². The highest BCUT2D eigenvalue weighted by Gasteiger charge is 2.40. The molecule has 1 heterocycles. The maximum atomic E-state index is 12.6. The monoisotopic (exact) mass is 328 g/mol. The van der Waals surface area contributed by atoms with Crippen molar-refractivity contribution >= 4 is 28.3 Å². The van der Waals surface area contributed by atoms with Crippen molar-refractivity contribution < 1.29 is 32.3 Å². The first-order valence-corrected chi connectivity index (χ1v) is 6.42. The van der Waals surface area contributed by atoms with Crippen molar-refractivity contribution in [2.75, 3.05) is 11.9 Å². The van der Waals surface area contributed by atoms with Crippen molar-refractivity contribution in [1.29, 1.82) is 0 Å². The number of nitrogens with one attached hydrogen (secondary N) is 2. The maximum Gasteiger partial charge on any atom is 0.338 e. The molecule has 0 fully saturated rings. The highest BCUT2D eigenvalue weighted by Crippen LogP contribution is 2.32. The molecular formula is C11H12F4N2O3S. The van der Waals surface area contributed by atoms with Gasteiger partial charge >= 0.3 is 24.3 Å². The summed E-state index contributed by atoms with van der Waals surface area (Å²) in [5, 5.41) is 12.6. The Hall–Kier alpha value is -1.84. The largest absolute Gasteiger partial charge is 0.478 e. The lowest BCUT2D eigenvalue weighted by molar-refractivity contribution is -0.123. The molecule has 1 aromatic rings. The van der Waals surface area contributed by atoms with Gasteiger partial charge in [-0.1, -0.05) is 0 Å². The van der Waals surface area contributed by atoms with Gasteiger partial charge in [-0.15, -0.1) is 11.3 Å². The Balaban J connectivity index is 2.77. The van der Waals surface area contributed by atoms with Gasteiger partial charge in [0, 0.05) is 4.88 Å². The van der Waals surface area contributed by atoms with Crippen molar-refractivity contribution in [2.45, 2.75) is 26.2 Å². The summed E-state index contributed by atoms with van der Waals surface area (Å²) in [4.78, 5) is 23.1. The summed E-state index contributed by atoms with van der Waals surface area (Å²) in [5.74, 6) is -5.64. The van der Waals surface area contributed by atoms with Gasteiger partial charge in [0.2, 0.25) is 0 Å². The zero-order valence-electron chi connectivity index (χ0n) is 11.0. The predicted octanol–water partition coefficient (Wildman–Crippen LogP) is 3.09. The molecule has 0 aliphatic carbocycles. The molecule has 0 spiro atoms. The van der Waals surface area contributed by atoms with Gasteiger partial charge in [0.05, 0.1) is 12.1 Å². The fourth-order valence-corrected chi connectivity index (χ4v) is 2.44. The molecule has 1 rings (SSSR count). The van der Waals surface area contributed by atoms with E-state index < -0.39 is 30.9 Å². The van der Waals surface area contributed by atoms with Crippen LogP contribution in [0.1, 0.15) is 20.8 Å². The average Bonchev–Trinajstić information content (AvgIpc) is 2.62. The molecule has 0 aromatic carbocycles. The van der Waals surface area contributed by atoms with Crippen LogP contribution < -0.4 is 10.6 Å². The fourth-order valence-electron chi connectivity index (χ4n) is 1.40. The van der Waals surface area contributed by atoms with Crippen LogP contribution in [0.5, 0.6) is 0 Å².